The van der Waals surface area contributed by atoms with Crippen LogP contribution in [0.1, 0.15) is 116 Å². The van der Waals surface area contributed by atoms with Gasteiger partial charge < -0.3 is 15.3 Å². The van der Waals surface area contributed by atoms with Gasteiger partial charge in [-0.05, 0) is 44.9 Å². The number of carbonyl (C=O) groups is 1. The number of hydrogen-bond acceptors (Lipinski definition) is 5. The zero-order chi connectivity index (χ0) is 30.1. The molecule has 0 spiro atoms. The van der Waals surface area contributed by atoms with Crippen molar-refractivity contribution in [1.29, 1.82) is 0 Å². The van der Waals surface area contributed by atoms with Crippen LogP contribution < -0.4 is 0 Å². The Morgan fingerprint density at radius 1 is 0.692 bits per heavy atom. The standard InChI is InChI=1S/C33H48N2O4/c1-30(2,3)22-13-20(27(36)24(15-22)32(7,8)9)17-34-19-26(29(38)39)35-18-21-14-23(31(4,5)6)16-25(28(21)37)33(10,11)12/h13-18,26,36-37H,19H2,1-12H3,(H,38,39)/t26-/m1/s1. The number of rotatable bonds is 6. The van der Waals surface area contributed by atoms with Crippen LogP contribution in [0.5, 0.6) is 11.5 Å². The molecule has 2 aromatic rings. The summed E-state index contributed by atoms with van der Waals surface area (Å²) in [4.78, 5) is 20.7. The third kappa shape index (κ3) is 8.17. The molecule has 0 fully saturated rings. The van der Waals surface area contributed by atoms with Crippen molar-refractivity contribution in [3.05, 3.63) is 57.6 Å². The number of aliphatic carboxylic acids is 1. The van der Waals surface area contributed by atoms with Gasteiger partial charge >= 0.3 is 5.97 Å². The topological polar surface area (TPSA) is 102 Å². The van der Waals surface area contributed by atoms with Crippen LogP contribution in [0.4, 0.5) is 0 Å². The molecule has 0 amide bonds. The fraction of sp³-hybridized carbons (Fsp3) is 0.545. The van der Waals surface area contributed by atoms with E-state index in [1.807, 2.05) is 65.8 Å². The zero-order valence-corrected chi connectivity index (χ0v) is 25.9. The normalized spacial score (nSPS) is 14.4. The molecule has 0 bridgehead atoms. The summed E-state index contributed by atoms with van der Waals surface area (Å²) in [7, 11) is 0. The highest BCUT2D eigenvalue weighted by Gasteiger charge is 2.26. The second-order valence-corrected chi connectivity index (χ2v) is 14.5. The average molecular weight is 537 g/mol. The Balaban J connectivity index is 2.47. The van der Waals surface area contributed by atoms with Gasteiger partial charge in [-0.1, -0.05) is 95.2 Å². The first kappa shape index (κ1) is 32.1. The molecule has 6 nitrogen and oxygen atoms in total. The SMILES string of the molecule is CC(C)(C)c1cc(C=NC[C@@H](N=Cc2cc(C(C)(C)C)cc(C(C)(C)C)c2O)C(=O)O)c(O)c(C(C)(C)C)c1. The minimum atomic E-state index is -1.15. The average Bonchev–Trinajstić information content (AvgIpc) is 2.74. The molecule has 0 saturated heterocycles. The molecule has 0 saturated carbocycles. The second kappa shape index (κ2) is 11.1. The van der Waals surface area contributed by atoms with E-state index in [1.165, 1.54) is 12.4 Å². The van der Waals surface area contributed by atoms with Crippen LogP contribution in [0.3, 0.4) is 0 Å². The quantitative estimate of drug-likeness (QED) is 0.338. The van der Waals surface area contributed by atoms with E-state index in [4.69, 9.17) is 0 Å². The van der Waals surface area contributed by atoms with Gasteiger partial charge in [0.1, 0.15) is 11.5 Å². The highest BCUT2D eigenvalue weighted by molar-refractivity contribution is 5.88. The molecule has 1 atom stereocenters. The van der Waals surface area contributed by atoms with E-state index in [-0.39, 0.29) is 39.7 Å². The van der Waals surface area contributed by atoms with Gasteiger partial charge in [0.15, 0.2) is 6.04 Å². The number of nitrogens with zero attached hydrogens (tertiary/aromatic N) is 2. The molecule has 2 rings (SSSR count). The zero-order valence-electron chi connectivity index (χ0n) is 25.9. The fourth-order valence-electron chi connectivity index (χ4n) is 4.13. The first-order chi connectivity index (χ1) is 17.5. The lowest BCUT2D eigenvalue weighted by molar-refractivity contribution is -0.138. The lowest BCUT2D eigenvalue weighted by Crippen LogP contribution is -2.22. The third-order valence-electron chi connectivity index (χ3n) is 6.81. The van der Waals surface area contributed by atoms with Crippen LogP contribution in [-0.2, 0) is 26.5 Å². The lowest BCUT2D eigenvalue weighted by atomic mass is 9.79. The van der Waals surface area contributed by atoms with E-state index in [1.54, 1.807) is 0 Å². The van der Waals surface area contributed by atoms with E-state index in [2.05, 4.69) is 51.5 Å². The van der Waals surface area contributed by atoms with Gasteiger partial charge in [0.25, 0.3) is 0 Å². The predicted octanol–water partition coefficient (Wildman–Crippen LogP) is 7.28. The smallest absolute Gasteiger partial charge is 0.330 e. The van der Waals surface area contributed by atoms with Gasteiger partial charge in [0.2, 0.25) is 0 Å². The molecule has 39 heavy (non-hydrogen) atoms. The van der Waals surface area contributed by atoms with Crippen molar-refractivity contribution in [3.63, 3.8) is 0 Å². The summed E-state index contributed by atoms with van der Waals surface area (Å²) < 4.78 is 0. The van der Waals surface area contributed by atoms with Crippen LogP contribution in [0.2, 0.25) is 0 Å². The summed E-state index contributed by atoms with van der Waals surface area (Å²) >= 11 is 0. The van der Waals surface area contributed by atoms with Crippen molar-refractivity contribution in [2.45, 2.75) is 111 Å². The first-order valence-electron chi connectivity index (χ1n) is 13.5. The lowest BCUT2D eigenvalue weighted by Gasteiger charge is -2.27. The van der Waals surface area contributed by atoms with Crippen molar-refractivity contribution in [2.75, 3.05) is 6.54 Å². The van der Waals surface area contributed by atoms with Gasteiger partial charge in [0, 0.05) is 34.7 Å². The van der Waals surface area contributed by atoms with E-state index < -0.39 is 12.0 Å². The number of carboxylic acids is 1. The van der Waals surface area contributed by atoms with Gasteiger partial charge in [-0.3, -0.25) is 9.98 Å². The van der Waals surface area contributed by atoms with E-state index in [0.717, 1.165) is 22.3 Å². The number of benzene rings is 2. The maximum Gasteiger partial charge on any atom is 0.330 e. The molecule has 0 aliphatic rings. The predicted molar refractivity (Wildman–Crippen MR) is 162 cm³/mol. The third-order valence-corrected chi connectivity index (χ3v) is 6.81. The summed E-state index contributed by atoms with van der Waals surface area (Å²) in [5.74, 6) is -0.868. The summed E-state index contributed by atoms with van der Waals surface area (Å²) in [6.45, 7) is 24.7. The molecular formula is C33H48N2O4. The van der Waals surface area contributed by atoms with Crippen LogP contribution in [0.15, 0.2) is 34.3 Å². The minimum Gasteiger partial charge on any atom is -0.507 e. The van der Waals surface area contributed by atoms with Gasteiger partial charge in [0.05, 0.1) is 6.54 Å². The molecule has 6 heteroatoms. The fourth-order valence-corrected chi connectivity index (χ4v) is 4.13. The van der Waals surface area contributed by atoms with Crippen molar-refractivity contribution in [3.8, 4) is 11.5 Å². The summed E-state index contributed by atoms with van der Waals surface area (Å²) in [5.41, 5.74) is 3.82. The summed E-state index contributed by atoms with van der Waals surface area (Å²) in [6.07, 6.45) is 2.96. The number of aliphatic imine (C=N–C) groups is 2. The molecule has 0 heterocycles. The van der Waals surface area contributed by atoms with E-state index >= 15 is 0 Å². The number of aromatic hydroxyl groups is 2. The molecule has 0 aliphatic heterocycles. The number of carboxylic acid groups (broad SMARTS) is 1. The molecule has 0 aromatic heterocycles. The maximum absolute atomic E-state index is 12.0. The monoisotopic (exact) mass is 536 g/mol. The largest absolute Gasteiger partial charge is 0.507 e. The van der Waals surface area contributed by atoms with Gasteiger partial charge in [-0.15, -0.1) is 0 Å². The Hall–Kier alpha value is -3.15. The minimum absolute atomic E-state index is 0.102. The molecule has 0 unspecified atom stereocenters. The Kier molecular flexibility index (Phi) is 9.17. The van der Waals surface area contributed by atoms with E-state index in [0.29, 0.717) is 11.1 Å². The Morgan fingerprint density at radius 2 is 1.08 bits per heavy atom. The van der Waals surface area contributed by atoms with Crippen molar-refractivity contribution < 1.29 is 20.1 Å². The van der Waals surface area contributed by atoms with Crippen LogP contribution in [-0.4, -0.2) is 46.3 Å². The van der Waals surface area contributed by atoms with Gasteiger partial charge in [-0.2, -0.15) is 0 Å². The molecular weight excluding hydrogens is 488 g/mol. The van der Waals surface area contributed by atoms with Crippen LogP contribution >= 0.6 is 0 Å². The summed E-state index contributed by atoms with van der Waals surface area (Å²) in [5, 5.41) is 31.8. The summed E-state index contributed by atoms with van der Waals surface area (Å²) in [6, 6.07) is 6.65. The highest BCUT2D eigenvalue weighted by atomic mass is 16.4. The molecule has 0 radical (unpaired) electrons. The van der Waals surface area contributed by atoms with Crippen LogP contribution in [0, 0.1) is 0 Å². The van der Waals surface area contributed by atoms with Crippen molar-refractivity contribution >= 4 is 18.4 Å². The van der Waals surface area contributed by atoms with Crippen molar-refractivity contribution in [1.82, 2.24) is 0 Å². The number of phenols is 2. The highest BCUT2D eigenvalue weighted by Crippen LogP contribution is 2.38. The van der Waals surface area contributed by atoms with E-state index in [9.17, 15) is 20.1 Å². The molecule has 214 valence electrons. The Labute approximate surface area is 234 Å². The maximum atomic E-state index is 12.0. The number of phenolic OH excluding ortho intramolecular Hbond substituents is 2. The van der Waals surface area contributed by atoms with Gasteiger partial charge in [-0.25, -0.2) is 4.79 Å². The number of hydrogen-bond donors (Lipinski definition) is 3. The van der Waals surface area contributed by atoms with Crippen LogP contribution in [0.25, 0.3) is 0 Å². The first-order valence-corrected chi connectivity index (χ1v) is 13.5. The second-order valence-electron chi connectivity index (χ2n) is 14.5. The molecule has 0 aliphatic carbocycles. The molecule has 2 aromatic carbocycles. The Morgan fingerprint density at radius 3 is 1.41 bits per heavy atom. The molecule has 3 N–H and O–H groups in total. The van der Waals surface area contributed by atoms with Crippen molar-refractivity contribution in [2.24, 2.45) is 9.98 Å². The Bertz CT molecular complexity index is 1260.